The van der Waals surface area contributed by atoms with Crippen LogP contribution >= 0.6 is 0 Å². The molecule has 0 aliphatic rings. The second kappa shape index (κ2) is 11.4. The van der Waals surface area contributed by atoms with Crippen molar-refractivity contribution in [1.82, 2.24) is 4.98 Å². The molecule has 3 rings (SSSR count). The summed E-state index contributed by atoms with van der Waals surface area (Å²) in [6, 6.07) is 16.2. The van der Waals surface area contributed by atoms with Crippen molar-refractivity contribution < 1.29 is 30.0 Å². The fourth-order valence-electron chi connectivity index (χ4n) is 3.02. The molecule has 0 aliphatic carbocycles. The number of rotatable bonds is 2. The van der Waals surface area contributed by atoms with Gasteiger partial charge in [-0.1, -0.05) is 86.6 Å². The summed E-state index contributed by atoms with van der Waals surface area (Å²) >= 11 is 0. The fourth-order valence-corrected chi connectivity index (χ4v) is 3.02. The molecule has 0 aliphatic heterocycles. The van der Waals surface area contributed by atoms with Crippen molar-refractivity contribution >= 4 is 16.7 Å². The number of fused-ring (bicyclic) bond motifs is 1. The Morgan fingerprint density at radius 1 is 0.912 bits per heavy atom. The smallest absolute Gasteiger partial charge is 0.164 e. The number of aliphatic hydroxyl groups is 1. The quantitative estimate of drug-likeness (QED) is 0.176. The molecule has 0 atom stereocenters. The van der Waals surface area contributed by atoms with Crippen LogP contribution in [0.15, 0.2) is 48.2 Å². The van der Waals surface area contributed by atoms with Crippen molar-refractivity contribution in [2.24, 2.45) is 10.8 Å². The molecule has 3 aromatic rings. The molecule has 0 fully saturated rings. The first-order chi connectivity index (χ1) is 15.1. The molecule has 0 bridgehead atoms. The summed E-state index contributed by atoms with van der Waals surface area (Å²) in [7, 11) is 0. The maximum atomic E-state index is 11.5. The van der Waals surface area contributed by atoms with Gasteiger partial charge in [-0.2, -0.15) is 0 Å². The van der Waals surface area contributed by atoms with Crippen LogP contribution in [0.1, 0.15) is 63.8 Å². The molecule has 4 heteroatoms. The van der Waals surface area contributed by atoms with E-state index in [0.717, 1.165) is 16.8 Å². The van der Waals surface area contributed by atoms with E-state index in [2.05, 4.69) is 70.2 Å². The van der Waals surface area contributed by atoms with Gasteiger partial charge in [-0.15, -0.1) is 34.4 Å². The van der Waals surface area contributed by atoms with Crippen LogP contribution in [0.25, 0.3) is 22.2 Å². The number of pyridine rings is 1. The summed E-state index contributed by atoms with van der Waals surface area (Å²) in [5.74, 6) is 0.104. The predicted octanol–water partition coefficient (Wildman–Crippen LogP) is 8.02. The summed E-state index contributed by atoms with van der Waals surface area (Å²) in [5.41, 5.74) is 7.40. The second-order valence-corrected chi connectivity index (χ2v) is 10.9. The van der Waals surface area contributed by atoms with Crippen molar-refractivity contribution in [3.05, 3.63) is 76.6 Å². The topological polar surface area (TPSA) is 50.2 Å². The molecular formula is C30H38IrNO2-. The van der Waals surface area contributed by atoms with Crippen LogP contribution < -0.4 is 0 Å². The maximum absolute atomic E-state index is 11.5. The third kappa shape index (κ3) is 7.89. The average Bonchev–Trinajstić information content (AvgIpc) is 2.70. The number of hydrogen-bond acceptors (Lipinski definition) is 3. The molecule has 3 nitrogen and oxygen atoms in total. The Bertz CT molecular complexity index is 1170. The Labute approximate surface area is 219 Å². The van der Waals surface area contributed by atoms with E-state index in [1.807, 2.05) is 41.5 Å². The van der Waals surface area contributed by atoms with Gasteiger partial charge in [-0.3, -0.25) is 9.78 Å². The van der Waals surface area contributed by atoms with Crippen molar-refractivity contribution in [3.8, 4) is 11.3 Å². The maximum Gasteiger partial charge on any atom is 0.164 e. The van der Waals surface area contributed by atoms with Gasteiger partial charge in [0.2, 0.25) is 0 Å². The molecule has 0 amide bonds. The van der Waals surface area contributed by atoms with Crippen LogP contribution in [0.3, 0.4) is 0 Å². The van der Waals surface area contributed by atoms with Gasteiger partial charge in [0.25, 0.3) is 0 Å². The van der Waals surface area contributed by atoms with Gasteiger partial charge in [0.05, 0.1) is 5.52 Å². The van der Waals surface area contributed by atoms with Gasteiger partial charge in [0.15, 0.2) is 5.78 Å². The molecule has 2 aromatic carbocycles. The number of allylic oxidation sites excluding steroid dienone is 2. The van der Waals surface area contributed by atoms with Crippen LogP contribution in [-0.2, 0) is 24.9 Å². The average molecular weight is 637 g/mol. The van der Waals surface area contributed by atoms with Gasteiger partial charge in [-0.25, -0.2) is 0 Å². The Kier molecular flexibility index (Phi) is 9.99. The molecule has 34 heavy (non-hydrogen) atoms. The minimum Gasteiger partial charge on any atom is -0.512 e. The van der Waals surface area contributed by atoms with E-state index in [1.165, 1.54) is 33.7 Å². The van der Waals surface area contributed by atoms with Gasteiger partial charge >= 0.3 is 0 Å². The van der Waals surface area contributed by atoms with E-state index in [-0.39, 0.29) is 37.1 Å². The first-order valence-electron chi connectivity index (χ1n) is 11.4. The van der Waals surface area contributed by atoms with E-state index in [1.54, 1.807) is 0 Å². The zero-order valence-electron chi connectivity index (χ0n) is 22.2. The molecule has 0 saturated carbocycles. The van der Waals surface area contributed by atoms with Crippen molar-refractivity contribution in [3.63, 3.8) is 0 Å². The number of aromatic nitrogens is 1. The Morgan fingerprint density at radius 2 is 1.50 bits per heavy atom. The monoisotopic (exact) mass is 637 g/mol. The van der Waals surface area contributed by atoms with Crippen LogP contribution in [-0.4, -0.2) is 15.9 Å². The van der Waals surface area contributed by atoms with E-state index < -0.39 is 5.41 Å². The van der Waals surface area contributed by atoms with Crippen LogP contribution in [0.4, 0.5) is 0 Å². The van der Waals surface area contributed by atoms with Gasteiger partial charge in [0, 0.05) is 37.0 Å². The van der Waals surface area contributed by atoms with Crippen molar-refractivity contribution in [2.75, 3.05) is 0 Å². The molecule has 0 saturated heterocycles. The fraction of sp³-hybridized carbons (Fsp3) is 0.400. The van der Waals surface area contributed by atoms with Gasteiger partial charge < -0.3 is 5.11 Å². The zero-order valence-corrected chi connectivity index (χ0v) is 24.6. The van der Waals surface area contributed by atoms with E-state index in [0.29, 0.717) is 0 Å². The van der Waals surface area contributed by atoms with Gasteiger partial charge in [0.1, 0.15) is 5.76 Å². The number of aryl methyl sites for hydroxylation is 3. The summed E-state index contributed by atoms with van der Waals surface area (Å²) in [6.45, 7) is 19.6. The molecule has 1 radical (unpaired) electrons. The normalized spacial score (nSPS) is 12.0. The molecule has 0 spiro atoms. The number of hydrogen-bond donors (Lipinski definition) is 1. The van der Waals surface area contributed by atoms with E-state index in [4.69, 9.17) is 4.98 Å². The Balaban J connectivity index is 0.000000364. The molecule has 185 valence electrons. The number of ketones is 1. The van der Waals surface area contributed by atoms with Crippen LogP contribution in [0, 0.1) is 44.6 Å². The minimum atomic E-state index is -0.417. The Morgan fingerprint density at radius 3 is 2.03 bits per heavy atom. The standard InChI is InChI=1S/C19H18N.C11H20O2.Ir/c1-12-5-6-16-7-8-18(20-19(16)9-12)17-10-13(2)15(4)14(3)11-17;1-10(2,3)8(12)7-9(13)11(4,5)6;/h5-10H,1-4H3;7,12H,1-6H3;/q-1;;/b;8-7-;. The van der Waals surface area contributed by atoms with Crippen molar-refractivity contribution in [2.45, 2.75) is 69.2 Å². The number of carbonyl (C=O) groups is 1. The number of benzene rings is 2. The molecule has 1 aromatic heterocycles. The summed E-state index contributed by atoms with van der Waals surface area (Å²) in [6.07, 6.45) is 1.33. The third-order valence-corrected chi connectivity index (χ3v) is 5.74. The number of aliphatic hydroxyl groups excluding tert-OH is 1. The second-order valence-electron chi connectivity index (χ2n) is 10.9. The summed E-state index contributed by atoms with van der Waals surface area (Å²) in [4.78, 5) is 16.3. The van der Waals surface area contributed by atoms with Crippen molar-refractivity contribution in [1.29, 1.82) is 0 Å². The zero-order chi connectivity index (χ0) is 25.1. The van der Waals surface area contributed by atoms with Gasteiger partial charge in [-0.05, 0) is 29.6 Å². The number of nitrogens with zero attached hydrogens (tertiary/aromatic N) is 1. The predicted molar refractivity (Wildman–Crippen MR) is 140 cm³/mol. The minimum absolute atomic E-state index is 0. The SMILES string of the molecule is CC(C)(C)C(=O)/C=C(\O)C(C)(C)C.Cc1ccc2ccc(-c3[c-]c(C)c(C)c(C)c3)nc2c1.[Ir]. The molecule has 1 N–H and O–H groups in total. The molecule has 0 unspecified atom stereocenters. The van der Waals surface area contributed by atoms with Crippen LogP contribution in [0.2, 0.25) is 0 Å². The third-order valence-electron chi connectivity index (χ3n) is 5.74. The Hall–Kier alpha value is -2.29. The molecular weight excluding hydrogens is 599 g/mol. The summed E-state index contributed by atoms with van der Waals surface area (Å²) in [5, 5.41) is 10.7. The largest absolute Gasteiger partial charge is 0.512 e. The number of carbonyl (C=O) groups excluding carboxylic acids is 1. The molecule has 1 heterocycles. The summed E-state index contributed by atoms with van der Waals surface area (Å²) < 4.78 is 0. The first-order valence-corrected chi connectivity index (χ1v) is 11.4. The first kappa shape index (κ1) is 29.7. The van der Waals surface area contributed by atoms with Crippen LogP contribution in [0.5, 0.6) is 0 Å². The van der Waals surface area contributed by atoms with E-state index >= 15 is 0 Å². The van der Waals surface area contributed by atoms with E-state index in [9.17, 15) is 9.90 Å².